The number of carbonyl (C=O) groups excluding carboxylic acids is 1. The number of aromatic amines is 1. The molecule has 0 radical (unpaired) electrons. The van der Waals surface area contributed by atoms with Crippen molar-refractivity contribution in [3.8, 4) is 5.75 Å². The van der Waals surface area contributed by atoms with E-state index in [0.717, 1.165) is 47.5 Å². The molecule has 2 aromatic carbocycles. The number of nitrogens with one attached hydrogen (secondary N) is 2. The Morgan fingerprint density at radius 2 is 2.18 bits per heavy atom. The molecular formula is C17H15N3O2. The van der Waals surface area contributed by atoms with Gasteiger partial charge in [-0.3, -0.25) is 4.79 Å². The highest BCUT2D eigenvalue weighted by Crippen LogP contribution is 2.27. The van der Waals surface area contributed by atoms with E-state index in [1.807, 2.05) is 24.3 Å². The first-order valence-corrected chi connectivity index (χ1v) is 7.30. The molecule has 1 aliphatic rings. The van der Waals surface area contributed by atoms with Crippen molar-refractivity contribution in [3.63, 3.8) is 0 Å². The first kappa shape index (κ1) is 12.9. The zero-order valence-corrected chi connectivity index (χ0v) is 11.9. The fourth-order valence-corrected chi connectivity index (χ4v) is 2.72. The summed E-state index contributed by atoms with van der Waals surface area (Å²) in [5.74, 6) is 0.788. The molecule has 110 valence electrons. The largest absolute Gasteiger partial charge is 0.493 e. The average Bonchev–Trinajstić information content (AvgIpc) is 3.02. The van der Waals surface area contributed by atoms with Crippen LogP contribution in [0.4, 0.5) is 5.69 Å². The predicted molar refractivity (Wildman–Crippen MR) is 84.3 cm³/mol. The molecule has 22 heavy (non-hydrogen) atoms. The Balaban J connectivity index is 1.58. The number of anilines is 1. The monoisotopic (exact) mass is 293 g/mol. The van der Waals surface area contributed by atoms with Crippen molar-refractivity contribution in [1.82, 2.24) is 9.97 Å². The molecule has 1 aromatic heterocycles. The van der Waals surface area contributed by atoms with Gasteiger partial charge in [0, 0.05) is 11.3 Å². The van der Waals surface area contributed by atoms with Gasteiger partial charge in [0.15, 0.2) is 0 Å². The number of aromatic nitrogens is 2. The van der Waals surface area contributed by atoms with Crippen LogP contribution in [-0.2, 0) is 6.42 Å². The molecule has 0 aliphatic carbocycles. The van der Waals surface area contributed by atoms with Gasteiger partial charge in [-0.25, -0.2) is 4.98 Å². The van der Waals surface area contributed by atoms with E-state index in [-0.39, 0.29) is 5.91 Å². The van der Waals surface area contributed by atoms with E-state index >= 15 is 0 Å². The summed E-state index contributed by atoms with van der Waals surface area (Å²) >= 11 is 0. The fraction of sp³-hybridized carbons (Fsp3) is 0.176. The molecule has 0 atom stereocenters. The van der Waals surface area contributed by atoms with Gasteiger partial charge in [0.05, 0.1) is 24.0 Å². The van der Waals surface area contributed by atoms with Crippen LogP contribution in [0.5, 0.6) is 5.75 Å². The molecule has 0 fully saturated rings. The molecule has 1 aliphatic heterocycles. The van der Waals surface area contributed by atoms with Gasteiger partial charge >= 0.3 is 0 Å². The maximum Gasteiger partial charge on any atom is 0.255 e. The number of ether oxygens (including phenoxy) is 1. The topological polar surface area (TPSA) is 67.0 Å². The molecule has 5 nitrogen and oxygen atoms in total. The Bertz CT molecular complexity index is 854. The molecular weight excluding hydrogens is 278 g/mol. The van der Waals surface area contributed by atoms with Crippen LogP contribution in [-0.4, -0.2) is 22.5 Å². The SMILES string of the molecule is O=C(Nc1ccc2c(c1)CCCO2)c1ccc2nc[nH]c2c1. The molecule has 0 unspecified atom stereocenters. The van der Waals surface area contributed by atoms with Crippen molar-refractivity contribution >= 4 is 22.6 Å². The summed E-state index contributed by atoms with van der Waals surface area (Å²) in [5.41, 5.74) is 4.24. The standard InChI is InChI=1S/C17H15N3O2/c21-17(12-3-5-14-15(9-12)19-10-18-14)20-13-4-6-16-11(8-13)2-1-7-22-16/h3-6,8-10H,1-2,7H2,(H,18,19)(H,20,21). The smallest absolute Gasteiger partial charge is 0.255 e. The van der Waals surface area contributed by atoms with Crippen LogP contribution in [0.15, 0.2) is 42.7 Å². The van der Waals surface area contributed by atoms with Gasteiger partial charge in [-0.15, -0.1) is 0 Å². The van der Waals surface area contributed by atoms with Crippen LogP contribution >= 0.6 is 0 Å². The van der Waals surface area contributed by atoms with E-state index in [1.54, 1.807) is 18.5 Å². The predicted octanol–water partition coefficient (Wildman–Crippen LogP) is 3.14. The molecule has 2 heterocycles. The van der Waals surface area contributed by atoms with Gasteiger partial charge in [0.25, 0.3) is 5.91 Å². The lowest BCUT2D eigenvalue weighted by atomic mass is 10.1. The minimum absolute atomic E-state index is 0.131. The van der Waals surface area contributed by atoms with Crippen LogP contribution in [0, 0.1) is 0 Å². The molecule has 1 amide bonds. The third-order valence-corrected chi connectivity index (χ3v) is 3.85. The van der Waals surface area contributed by atoms with E-state index in [2.05, 4.69) is 15.3 Å². The number of benzene rings is 2. The summed E-state index contributed by atoms with van der Waals surface area (Å²) in [6, 6.07) is 11.2. The lowest BCUT2D eigenvalue weighted by molar-refractivity contribution is 0.102. The first-order valence-electron chi connectivity index (χ1n) is 7.30. The quantitative estimate of drug-likeness (QED) is 0.762. The van der Waals surface area contributed by atoms with Crippen molar-refractivity contribution in [2.24, 2.45) is 0 Å². The molecule has 0 saturated heterocycles. The number of hydrogen-bond donors (Lipinski definition) is 2. The number of carbonyl (C=O) groups is 1. The zero-order chi connectivity index (χ0) is 14.9. The van der Waals surface area contributed by atoms with Crippen LogP contribution in [0.1, 0.15) is 22.3 Å². The molecule has 4 rings (SSSR count). The van der Waals surface area contributed by atoms with E-state index < -0.39 is 0 Å². The third kappa shape index (κ3) is 2.30. The van der Waals surface area contributed by atoms with Gasteiger partial charge in [0.1, 0.15) is 5.75 Å². The van der Waals surface area contributed by atoms with Crippen LogP contribution < -0.4 is 10.1 Å². The summed E-state index contributed by atoms with van der Waals surface area (Å²) < 4.78 is 5.58. The Kier molecular flexibility index (Phi) is 3.04. The minimum Gasteiger partial charge on any atom is -0.493 e. The van der Waals surface area contributed by atoms with Gasteiger partial charge in [0.2, 0.25) is 0 Å². The highest BCUT2D eigenvalue weighted by atomic mass is 16.5. The van der Waals surface area contributed by atoms with Gasteiger partial charge in [-0.1, -0.05) is 0 Å². The normalized spacial score (nSPS) is 13.5. The fourth-order valence-electron chi connectivity index (χ4n) is 2.72. The summed E-state index contributed by atoms with van der Waals surface area (Å²) in [7, 11) is 0. The highest BCUT2D eigenvalue weighted by Gasteiger charge is 2.12. The first-order chi connectivity index (χ1) is 10.8. The minimum atomic E-state index is -0.131. The summed E-state index contributed by atoms with van der Waals surface area (Å²) in [5, 5.41) is 2.94. The van der Waals surface area contributed by atoms with Gasteiger partial charge < -0.3 is 15.0 Å². The summed E-state index contributed by atoms with van der Waals surface area (Å²) in [6.07, 6.45) is 3.62. The Labute approximate surface area is 127 Å². The second-order valence-corrected chi connectivity index (χ2v) is 5.36. The number of imidazole rings is 1. The lowest BCUT2D eigenvalue weighted by Crippen LogP contribution is -2.13. The average molecular weight is 293 g/mol. The number of amides is 1. The second kappa shape index (κ2) is 5.18. The molecule has 0 bridgehead atoms. The van der Waals surface area contributed by atoms with E-state index in [1.165, 1.54) is 0 Å². The Hall–Kier alpha value is -2.82. The molecule has 3 aromatic rings. The Morgan fingerprint density at radius 3 is 3.14 bits per heavy atom. The summed E-state index contributed by atoms with van der Waals surface area (Å²) in [4.78, 5) is 19.5. The maximum atomic E-state index is 12.4. The maximum absolute atomic E-state index is 12.4. The number of nitrogens with zero attached hydrogens (tertiary/aromatic N) is 1. The molecule has 0 saturated carbocycles. The number of hydrogen-bond acceptors (Lipinski definition) is 3. The van der Waals surface area contributed by atoms with Crippen molar-refractivity contribution in [1.29, 1.82) is 0 Å². The number of aryl methyl sites for hydroxylation is 1. The number of fused-ring (bicyclic) bond motifs is 2. The van der Waals surface area contributed by atoms with E-state index in [4.69, 9.17) is 4.74 Å². The van der Waals surface area contributed by atoms with Gasteiger partial charge in [-0.2, -0.15) is 0 Å². The van der Waals surface area contributed by atoms with Gasteiger partial charge in [-0.05, 0) is 54.8 Å². The van der Waals surface area contributed by atoms with Crippen LogP contribution in [0.3, 0.4) is 0 Å². The Morgan fingerprint density at radius 1 is 1.23 bits per heavy atom. The molecule has 5 heteroatoms. The number of H-pyrrole nitrogens is 1. The van der Waals surface area contributed by atoms with Crippen molar-refractivity contribution < 1.29 is 9.53 Å². The van der Waals surface area contributed by atoms with E-state index in [0.29, 0.717) is 5.56 Å². The molecule has 2 N–H and O–H groups in total. The zero-order valence-electron chi connectivity index (χ0n) is 11.9. The van der Waals surface area contributed by atoms with E-state index in [9.17, 15) is 4.79 Å². The van der Waals surface area contributed by atoms with Crippen molar-refractivity contribution in [3.05, 3.63) is 53.9 Å². The molecule has 0 spiro atoms. The van der Waals surface area contributed by atoms with Crippen LogP contribution in [0.2, 0.25) is 0 Å². The number of rotatable bonds is 2. The lowest BCUT2D eigenvalue weighted by Gasteiger charge is -2.18. The summed E-state index contributed by atoms with van der Waals surface area (Å²) in [6.45, 7) is 0.767. The highest BCUT2D eigenvalue weighted by molar-refractivity contribution is 6.06. The third-order valence-electron chi connectivity index (χ3n) is 3.85. The van der Waals surface area contributed by atoms with Crippen molar-refractivity contribution in [2.45, 2.75) is 12.8 Å². The second-order valence-electron chi connectivity index (χ2n) is 5.36. The van der Waals surface area contributed by atoms with Crippen LogP contribution in [0.25, 0.3) is 11.0 Å². The van der Waals surface area contributed by atoms with Crippen molar-refractivity contribution in [2.75, 3.05) is 11.9 Å².